The molecule has 0 aliphatic carbocycles. The van der Waals surface area contributed by atoms with Crippen molar-refractivity contribution in [1.29, 1.82) is 0 Å². The molecule has 3 aromatic carbocycles. The van der Waals surface area contributed by atoms with Gasteiger partial charge in [0.15, 0.2) is 0 Å². The Morgan fingerprint density at radius 1 is 0.758 bits per heavy atom. The lowest BCUT2D eigenvalue weighted by Crippen LogP contribution is -2.21. The van der Waals surface area contributed by atoms with Crippen LogP contribution >= 0.6 is 0 Å². The van der Waals surface area contributed by atoms with Crippen molar-refractivity contribution in [3.63, 3.8) is 0 Å². The highest BCUT2D eigenvalue weighted by molar-refractivity contribution is 6.06. The summed E-state index contributed by atoms with van der Waals surface area (Å²) in [5.41, 5.74) is 2.45. The summed E-state index contributed by atoms with van der Waals surface area (Å²) in [4.78, 5) is 25.9. The highest BCUT2D eigenvalue weighted by Gasteiger charge is 2.22. The van der Waals surface area contributed by atoms with Gasteiger partial charge in [0.25, 0.3) is 5.91 Å². The molecule has 0 aliphatic rings. The third-order valence-corrected chi connectivity index (χ3v) is 5.15. The number of rotatable bonds is 10. The minimum absolute atomic E-state index is 0.131. The van der Waals surface area contributed by atoms with Crippen molar-refractivity contribution in [3.8, 4) is 11.5 Å². The highest BCUT2D eigenvalue weighted by atomic mass is 16.5. The second-order valence-electron chi connectivity index (χ2n) is 7.39. The predicted octanol–water partition coefficient (Wildman–Crippen LogP) is 5.87. The number of carbonyl (C=O) groups excluding carboxylic acids is 2. The Hall–Kier alpha value is -3.80. The zero-order valence-corrected chi connectivity index (χ0v) is 19.3. The first-order valence-corrected chi connectivity index (χ1v) is 11.2. The first-order chi connectivity index (χ1) is 16.1. The summed E-state index contributed by atoms with van der Waals surface area (Å²) in [6, 6.07) is 22.0. The van der Waals surface area contributed by atoms with Crippen molar-refractivity contribution in [2.75, 3.05) is 23.8 Å². The molecule has 3 rings (SSSR count). The summed E-state index contributed by atoms with van der Waals surface area (Å²) in [6.45, 7) is 6.51. The average Bonchev–Trinajstić information content (AvgIpc) is 2.83. The highest BCUT2D eigenvalue weighted by Crippen LogP contribution is 2.38. The minimum atomic E-state index is -0.298. The molecule has 0 spiro atoms. The number of anilines is 2. The van der Waals surface area contributed by atoms with Gasteiger partial charge in [-0.2, -0.15) is 0 Å². The van der Waals surface area contributed by atoms with Crippen LogP contribution in [0.3, 0.4) is 0 Å². The van der Waals surface area contributed by atoms with Gasteiger partial charge in [0.1, 0.15) is 11.5 Å². The molecular formula is C27H30N2O4. The number of ether oxygens (including phenoxy) is 2. The largest absolute Gasteiger partial charge is 0.492 e. The Morgan fingerprint density at radius 2 is 1.27 bits per heavy atom. The topological polar surface area (TPSA) is 76.7 Å². The fourth-order valence-electron chi connectivity index (χ4n) is 3.57. The molecule has 2 amide bonds. The van der Waals surface area contributed by atoms with Gasteiger partial charge in [-0.25, -0.2) is 0 Å². The molecule has 0 saturated heterocycles. The van der Waals surface area contributed by atoms with E-state index in [2.05, 4.69) is 10.6 Å². The Balaban J connectivity index is 1.91. The Bertz CT molecular complexity index is 1070. The summed E-state index contributed by atoms with van der Waals surface area (Å²) >= 11 is 0. The lowest BCUT2D eigenvalue weighted by atomic mass is 9.95. The predicted molar refractivity (Wildman–Crippen MR) is 131 cm³/mol. The van der Waals surface area contributed by atoms with Crippen LogP contribution in [0.4, 0.5) is 11.4 Å². The molecule has 3 aromatic rings. The summed E-state index contributed by atoms with van der Waals surface area (Å²) in [7, 11) is 0. The van der Waals surface area contributed by atoms with Gasteiger partial charge in [-0.05, 0) is 38.0 Å². The van der Waals surface area contributed by atoms with Crippen LogP contribution in [0.2, 0.25) is 0 Å². The SMILES string of the molecule is CCOc1cc(NC(=O)[C@@H](CC)c2ccccc2)c(OCC)cc1NC(=O)c1ccccc1. The smallest absolute Gasteiger partial charge is 0.255 e. The first-order valence-electron chi connectivity index (χ1n) is 11.2. The van der Waals surface area contributed by atoms with E-state index in [1.807, 2.05) is 57.2 Å². The zero-order chi connectivity index (χ0) is 23.6. The van der Waals surface area contributed by atoms with Crippen LogP contribution in [0.1, 0.15) is 49.0 Å². The van der Waals surface area contributed by atoms with Gasteiger partial charge >= 0.3 is 0 Å². The number of nitrogens with one attached hydrogen (secondary N) is 2. The van der Waals surface area contributed by atoms with Gasteiger partial charge in [-0.1, -0.05) is 55.5 Å². The molecule has 0 aliphatic heterocycles. The van der Waals surface area contributed by atoms with Crippen molar-refractivity contribution in [3.05, 3.63) is 83.9 Å². The fraction of sp³-hybridized carbons (Fsp3) is 0.259. The first kappa shape index (κ1) is 23.9. The second kappa shape index (κ2) is 11.7. The molecule has 0 saturated carbocycles. The summed E-state index contributed by atoms with van der Waals surface area (Å²) < 4.78 is 11.6. The molecule has 6 nitrogen and oxygen atoms in total. The molecule has 6 heteroatoms. The third-order valence-electron chi connectivity index (χ3n) is 5.15. The van der Waals surface area contributed by atoms with Crippen molar-refractivity contribution >= 4 is 23.2 Å². The maximum absolute atomic E-state index is 13.1. The Morgan fingerprint density at radius 3 is 1.79 bits per heavy atom. The molecule has 33 heavy (non-hydrogen) atoms. The van der Waals surface area contributed by atoms with Crippen LogP contribution in [0, 0.1) is 0 Å². The molecule has 0 unspecified atom stereocenters. The molecular weight excluding hydrogens is 416 g/mol. The number of amides is 2. The van der Waals surface area contributed by atoms with Gasteiger partial charge in [0, 0.05) is 17.7 Å². The van der Waals surface area contributed by atoms with Gasteiger partial charge in [0.2, 0.25) is 5.91 Å². The quantitative estimate of drug-likeness (QED) is 0.408. The van der Waals surface area contributed by atoms with Gasteiger partial charge in [0.05, 0.1) is 30.5 Å². The van der Waals surface area contributed by atoms with E-state index in [4.69, 9.17) is 9.47 Å². The molecule has 0 radical (unpaired) electrons. The number of carbonyl (C=O) groups is 2. The van der Waals surface area contributed by atoms with Crippen molar-refractivity contribution in [1.82, 2.24) is 0 Å². The van der Waals surface area contributed by atoms with Crippen molar-refractivity contribution < 1.29 is 19.1 Å². The lowest BCUT2D eigenvalue weighted by Gasteiger charge is -2.20. The maximum atomic E-state index is 13.1. The zero-order valence-electron chi connectivity index (χ0n) is 19.3. The molecule has 0 fully saturated rings. The van der Waals surface area contributed by atoms with Crippen molar-refractivity contribution in [2.45, 2.75) is 33.1 Å². The van der Waals surface area contributed by atoms with E-state index in [1.165, 1.54) is 0 Å². The van der Waals surface area contributed by atoms with E-state index in [0.717, 1.165) is 5.56 Å². The van der Waals surface area contributed by atoms with E-state index in [-0.39, 0.29) is 17.7 Å². The van der Waals surface area contributed by atoms with Gasteiger partial charge in [-0.3, -0.25) is 9.59 Å². The van der Waals surface area contributed by atoms with E-state index in [1.54, 1.807) is 36.4 Å². The molecule has 0 bridgehead atoms. The number of benzene rings is 3. The van der Waals surface area contributed by atoms with E-state index in [0.29, 0.717) is 48.1 Å². The lowest BCUT2D eigenvalue weighted by molar-refractivity contribution is -0.117. The van der Waals surface area contributed by atoms with Crippen LogP contribution in [0.15, 0.2) is 72.8 Å². The maximum Gasteiger partial charge on any atom is 0.255 e. The molecule has 2 N–H and O–H groups in total. The molecule has 0 aromatic heterocycles. The van der Waals surface area contributed by atoms with E-state index >= 15 is 0 Å². The molecule has 172 valence electrons. The number of hydrogen-bond acceptors (Lipinski definition) is 4. The minimum Gasteiger partial charge on any atom is -0.492 e. The van der Waals surface area contributed by atoms with Crippen LogP contribution in [-0.4, -0.2) is 25.0 Å². The second-order valence-corrected chi connectivity index (χ2v) is 7.39. The summed E-state index contributed by atoms with van der Waals surface area (Å²) in [5.74, 6) is 0.224. The molecule has 1 atom stereocenters. The van der Waals surface area contributed by atoms with E-state index < -0.39 is 0 Å². The van der Waals surface area contributed by atoms with Gasteiger partial charge < -0.3 is 20.1 Å². The summed E-state index contributed by atoms with van der Waals surface area (Å²) in [5, 5.41) is 5.89. The number of hydrogen-bond donors (Lipinski definition) is 2. The van der Waals surface area contributed by atoms with Gasteiger partial charge in [-0.15, -0.1) is 0 Å². The Labute approximate surface area is 194 Å². The fourth-order valence-corrected chi connectivity index (χ4v) is 3.57. The van der Waals surface area contributed by atoms with Crippen LogP contribution in [0.5, 0.6) is 11.5 Å². The standard InChI is InChI=1S/C27H30N2O4/c1-4-21(19-13-9-7-10-14-19)27(31)29-23-18-24(32-5-2)22(17-25(23)33-6-3)28-26(30)20-15-11-8-12-16-20/h7-18,21H,4-6H2,1-3H3,(H,28,30)(H,29,31)/t21-/m0/s1. The van der Waals surface area contributed by atoms with Crippen LogP contribution in [0.25, 0.3) is 0 Å². The average molecular weight is 447 g/mol. The van der Waals surface area contributed by atoms with E-state index in [9.17, 15) is 9.59 Å². The molecule has 0 heterocycles. The third kappa shape index (κ3) is 6.13. The Kier molecular flexibility index (Phi) is 8.47. The summed E-state index contributed by atoms with van der Waals surface area (Å²) in [6.07, 6.45) is 0.656. The van der Waals surface area contributed by atoms with Crippen molar-refractivity contribution in [2.24, 2.45) is 0 Å². The normalized spacial score (nSPS) is 11.4. The van der Waals surface area contributed by atoms with Crippen LogP contribution < -0.4 is 20.1 Å². The van der Waals surface area contributed by atoms with Crippen LogP contribution in [-0.2, 0) is 4.79 Å². The monoisotopic (exact) mass is 446 g/mol.